The fourth-order valence-corrected chi connectivity index (χ4v) is 3.99. The monoisotopic (exact) mass is 574 g/mol. The molecule has 2 atom stereocenters. The van der Waals surface area contributed by atoms with Crippen molar-refractivity contribution >= 4 is 28.9 Å². The van der Waals surface area contributed by atoms with Crippen molar-refractivity contribution in [2.45, 2.75) is 38.3 Å². The van der Waals surface area contributed by atoms with E-state index >= 15 is 0 Å². The fraction of sp³-hybridized carbons (Fsp3) is 0.333. The number of aromatic nitrogens is 2. The topological polar surface area (TPSA) is 123 Å². The maximum absolute atomic E-state index is 14.8. The van der Waals surface area contributed by atoms with Gasteiger partial charge in [0.1, 0.15) is 17.3 Å². The van der Waals surface area contributed by atoms with Gasteiger partial charge in [0.2, 0.25) is 11.3 Å². The zero-order valence-electron chi connectivity index (χ0n) is 20.5. The number of alkyl halides is 3. The summed E-state index contributed by atoms with van der Waals surface area (Å²) in [6.45, 7) is 0.347. The molecule has 1 aliphatic rings. The summed E-state index contributed by atoms with van der Waals surface area (Å²) < 4.78 is 89.7. The fourth-order valence-electron chi connectivity index (χ4n) is 3.99. The molecule has 1 fully saturated rings. The second-order valence-corrected chi connectivity index (χ2v) is 8.71. The number of ether oxygens (including phenoxy) is 2. The molecule has 1 unspecified atom stereocenters. The van der Waals surface area contributed by atoms with Crippen LogP contribution >= 0.6 is 0 Å². The van der Waals surface area contributed by atoms with Gasteiger partial charge in [0.05, 0.1) is 43.3 Å². The lowest BCUT2D eigenvalue weighted by Crippen LogP contribution is -2.41. The zero-order valence-corrected chi connectivity index (χ0v) is 20.5. The van der Waals surface area contributed by atoms with Crippen LogP contribution in [-0.4, -0.2) is 58.3 Å². The molecule has 40 heavy (non-hydrogen) atoms. The number of fused-ring (bicyclic) bond motifs is 1. The predicted octanol–water partition coefficient (Wildman–Crippen LogP) is 3.30. The number of nitrogens with one attached hydrogen (secondary N) is 1. The third-order valence-electron chi connectivity index (χ3n) is 5.87. The van der Waals surface area contributed by atoms with Crippen LogP contribution in [0.15, 0.2) is 35.3 Å². The standard InChI is InChI=1S/C24H20F6N4O6/c1-2-12(10-39-24(28,29)30)31-23(38)40-17-9-34(20-15(26)5-11(25)6-16(20)27)22-14(21(17)37)3-4-18(32-22)33-8-13(35)7-19(33)36/h3-6,9,12-13,35H,2,7-8,10H2,1H3,(H,31,38)/t12?,13-/m0/s1. The molecule has 214 valence electrons. The number of aliphatic hydroxyl groups excluding tert-OH is 1. The van der Waals surface area contributed by atoms with Crippen LogP contribution in [0.5, 0.6) is 5.75 Å². The molecule has 1 aromatic carbocycles. The van der Waals surface area contributed by atoms with Crippen LogP contribution in [-0.2, 0) is 9.53 Å². The number of pyridine rings is 2. The van der Waals surface area contributed by atoms with Crippen molar-refractivity contribution in [3.63, 3.8) is 0 Å². The molecule has 1 saturated heterocycles. The Kier molecular flexibility index (Phi) is 8.02. The molecule has 16 heteroatoms. The molecule has 2 N–H and O–H groups in total. The number of benzene rings is 1. The molecule has 3 heterocycles. The van der Waals surface area contributed by atoms with Crippen molar-refractivity contribution in [1.82, 2.24) is 14.9 Å². The number of aliphatic hydroxyl groups is 1. The van der Waals surface area contributed by atoms with Gasteiger partial charge >= 0.3 is 12.5 Å². The summed E-state index contributed by atoms with van der Waals surface area (Å²) in [5.41, 5.74) is -2.34. The minimum Gasteiger partial charge on any atom is -0.405 e. The van der Waals surface area contributed by atoms with Crippen LogP contribution in [0.2, 0.25) is 0 Å². The lowest BCUT2D eigenvalue weighted by atomic mass is 10.2. The SMILES string of the molecule is CCC(COC(F)(F)F)NC(=O)Oc1cn(-c2c(F)cc(F)cc2F)c2nc(N3C[C@@H](O)CC3=O)ccc2c1=O. The largest absolute Gasteiger partial charge is 0.522 e. The smallest absolute Gasteiger partial charge is 0.405 e. The summed E-state index contributed by atoms with van der Waals surface area (Å²) in [5.74, 6) is -5.49. The molecule has 0 aliphatic carbocycles. The van der Waals surface area contributed by atoms with Gasteiger partial charge in [0, 0.05) is 12.1 Å². The molecule has 0 spiro atoms. The number of hydrogen-bond acceptors (Lipinski definition) is 7. The van der Waals surface area contributed by atoms with Crippen molar-refractivity contribution in [2.24, 2.45) is 0 Å². The molecule has 2 amide bonds. The Balaban J connectivity index is 1.79. The Morgan fingerprint density at radius 2 is 1.88 bits per heavy atom. The number of β-amino-alcohol motifs (C(OH)–C–C–N with tert-alkyl or cyclic N) is 1. The number of nitrogens with zero attached hydrogens (tertiary/aromatic N) is 3. The summed E-state index contributed by atoms with van der Waals surface area (Å²) >= 11 is 0. The maximum atomic E-state index is 14.8. The van der Waals surface area contributed by atoms with E-state index in [0.717, 1.165) is 11.0 Å². The summed E-state index contributed by atoms with van der Waals surface area (Å²) in [6.07, 6.45) is -6.87. The van der Waals surface area contributed by atoms with Crippen LogP contribution in [0, 0.1) is 17.5 Å². The van der Waals surface area contributed by atoms with Gasteiger partial charge in [-0.05, 0) is 18.6 Å². The second-order valence-electron chi connectivity index (χ2n) is 8.71. The predicted molar refractivity (Wildman–Crippen MR) is 125 cm³/mol. The Morgan fingerprint density at radius 1 is 1.20 bits per heavy atom. The van der Waals surface area contributed by atoms with E-state index in [4.69, 9.17) is 4.74 Å². The molecule has 10 nitrogen and oxygen atoms in total. The average Bonchev–Trinajstić information content (AvgIpc) is 3.20. The first-order valence-corrected chi connectivity index (χ1v) is 11.7. The number of halogens is 6. The Labute approximate surface area is 220 Å². The van der Waals surface area contributed by atoms with Crippen LogP contribution in [0.1, 0.15) is 19.8 Å². The van der Waals surface area contributed by atoms with Crippen molar-refractivity contribution in [3.05, 3.63) is 58.1 Å². The molecule has 3 aromatic rings. The van der Waals surface area contributed by atoms with Crippen molar-refractivity contribution in [2.75, 3.05) is 18.1 Å². The summed E-state index contributed by atoms with van der Waals surface area (Å²) in [4.78, 5) is 43.0. The number of rotatable bonds is 7. The van der Waals surface area contributed by atoms with E-state index in [9.17, 15) is 45.8 Å². The molecule has 0 bridgehead atoms. The first-order valence-electron chi connectivity index (χ1n) is 11.7. The van der Waals surface area contributed by atoms with Crippen molar-refractivity contribution < 1.29 is 50.5 Å². The van der Waals surface area contributed by atoms with E-state index in [0.29, 0.717) is 22.9 Å². The zero-order chi connectivity index (χ0) is 29.4. The van der Waals surface area contributed by atoms with Gasteiger partial charge < -0.3 is 15.2 Å². The van der Waals surface area contributed by atoms with Gasteiger partial charge in [-0.15, -0.1) is 13.2 Å². The Bertz CT molecular complexity index is 1510. The van der Waals surface area contributed by atoms with E-state index in [2.05, 4.69) is 15.0 Å². The Morgan fingerprint density at radius 3 is 2.45 bits per heavy atom. The molecule has 1 aliphatic heterocycles. The van der Waals surface area contributed by atoms with Gasteiger partial charge in [-0.1, -0.05) is 6.92 Å². The quantitative estimate of drug-likeness (QED) is 0.415. The third kappa shape index (κ3) is 6.17. The molecule has 2 aromatic heterocycles. The van der Waals surface area contributed by atoms with Gasteiger partial charge in [-0.2, -0.15) is 0 Å². The van der Waals surface area contributed by atoms with E-state index in [1.165, 1.54) is 13.0 Å². The number of carbonyl (C=O) groups excluding carboxylic acids is 2. The van der Waals surface area contributed by atoms with E-state index in [-0.39, 0.29) is 30.6 Å². The van der Waals surface area contributed by atoms with Crippen LogP contribution < -0.4 is 20.4 Å². The Hall–Kier alpha value is -4.18. The first kappa shape index (κ1) is 28.8. The summed E-state index contributed by atoms with van der Waals surface area (Å²) in [5, 5.41) is 11.5. The van der Waals surface area contributed by atoms with E-state index in [1.807, 2.05) is 0 Å². The second kappa shape index (κ2) is 11.1. The minimum absolute atomic E-state index is 0.0181. The first-order chi connectivity index (χ1) is 18.8. The number of anilines is 1. The number of hydrogen-bond donors (Lipinski definition) is 2. The van der Waals surface area contributed by atoms with Gasteiger partial charge in [-0.3, -0.25) is 23.8 Å². The molecular weight excluding hydrogens is 554 g/mol. The third-order valence-corrected chi connectivity index (χ3v) is 5.87. The van der Waals surface area contributed by atoms with Crippen LogP contribution in [0.3, 0.4) is 0 Å². The highest BCUT2D eigenvalue weighted by Crippen LogP contribution is 2.28. The highest BCUT2D eigenvalue weighted by atomic mass is 19.4. The molecular formula is C24H20F6N4O6. The highest BCUT2D eigenvalue weighted by molar-refractivity contribution is 5.96. The van der Waals surface area contributed by atoms with Crippen LogP contribution in [0.25, 0.3) is 16.7 Å². The highest BCUT2D eigenvalue weighted by Gasteiger charge is 2.32. The molecule has 0 radical (unpaired) electrons. The molecule has 4 rings (SSSR count). The maximum Gasteiger partial charge on any atom is 0.522 e. The number of carbonyl (C=O) groups is 2. The van der Waals surface area contributed by atoms with Crippen molar-refractivity contribution in [1.29, 1.82) is 0 Å². The van der Waals surface area contributed by atoms with E-state index < -0.39 is 77.1 Å². The lowest BCUT2D eigenvalue weighted by Gasteiger charge is -2.19. The van der Waals surface area contributed by atoms with Crippen LogP contribution in [0.4, 0.5) is 37.0 Å². The normalized spacial score (nSPS) is 16.4. The van der Waals surface area contributed by atoms with E-state index in [1.54, 1.807) is 0 Å². The van der Waals surface area contributed by atoms with Gasteiger partial charge in [-0.25, -0.2) is 22.9 Å². The minimum atomic E-state index is -4.96. The summed E-state index contributed by atoms with van der Waals surface area (Å²) in [7, 11) is 0. The van der Waals surface area contributed by atoms with Crippen molar-refractivity contribution in [3.8, 4) is 11.4 Å². The molecule has 0 saturated carbocycles. The average molecular weight is 574 g/mol. The summed E-state index contributed by atoms with van der Waals surface area (Å²) in [6, 6.07) is 1.87. The van der Waals surface area contributed by atoms with Gasteiger partial charge in [0.25, 0.3) is 0 Å². The lowest BCUT2D eigenvalue weighted by molar-refractivity contribution is -0.326. The van der Waals surface area contributed by atoms with Gasteiger partial charge in [0.15, 0.2) is 23.0 Å². The number of amides is 2.